The van der Waals surface area contributed by atoms with Crippen LogP contribution in [-0.4, -0.2) is 19.7 Å². The Balaban J connectivity index is 1.66. The summed E-state index contributed by atoms with van der Waals surface area (Å²) in [6.45, 7) is 0.535. The summed E-state index contributed by atoms with van der Waals surface area (Å²) < 4.78 is 8.43. The molecule has 0 bridgehead atoms. The van der Waals surface area contributed by atoms with Crippen molar-refractivity contribution in [2.45, 2.75) is 6.54 Å². The Hall–Kier alpha value is -2.47. The minimum atomic E-state index is 0.535. The number of rotatable bonds is 3. The molecule has 5 nitrogen and oxygen atoms in total. The van der Waals surface area contributed by atoms with E-state index >= 15 is 0 Å². The molecule has 3 heterocycles. The highest BCUT2D eigenvalue weighted by molar-refractivity contribution is 7.17. The van der Waals surface area contributed by atoms with Crippen LogP contribution in [0.1, 0.15) is 5.89 Å². The largest absolute Gasteiger partial charge is 0.337 e. The van der Waals surface area contributed by atoms with Crippen LogP contribution in [0.3, 0.4) is 0 Å². The van der Waals surface area contributed by atoms with Gasteiger partial charge in [0.05, 0.1) is 6.33 Å². The molecule has 98 valence electrons. The maximum atomic E-state index is 5.28. The first kappa shape index (κ1) is 11.4. The highest BCUT2D eigenvalue weighted by Gasteiger charge is 2.09. The Kier molecular flexibility index (Phi) is 2.60. The summed E-state index contributed by atoms with van der Waals surface area (Å²) in [6, 6.07) is 8.28. The van der Waals surface area contributed by atoms with E-state index in [0.717, 1.165) is 5.56 Å². The van der Waals surface area contributed by atoms with Gasteiger partial charge in [0.25, 0.3) is 0 Å². The highest BCUT2D eigenvalue weighted by Crippen LogP contribution is 2.26. The lowest BCUT2D eigenvalue weighted by Gasteiger charge is -1.95. The number of imidazole rings is 1. The van der Waals surface area contributed by atoms with Gasteiger partial charge in [-0.1, -0.05) is 5.16 Å². The third-order valence-electron chi connectivity index (χ3n) is 3.06. The fraction of sp³-hybridized carbons (Fsp3) is 0.0714. The molecule has 0 fully saturated rings. The molecule has 0 saturated heterocycles. The molecule has 0 unspecified atom stereocenters. The third kappa shape index (κ3) is 2.00. The van der Waals surface area contributed by atoms with Crippen molar-refractivity contribution in [1.29, 1.82) is 0 Å². The number of hydrogen-bond donors (Lipinski definition) is 0. The topological polar surface area (TPSA) is 56.7 Å². The summed E-state index contributed by atoms with van der Waals surface area (Å²) in [5.41, 5.74) is 0.969. The van der Waals surface area contributed by atoms with Gasteiger partial charge in [-0.15, -0.1) is 11.3 Å². The number of benzene rings is 1. The van der Waals surface area contributed by atoms with Crippen molar-refractivity contribution >= 4 is 21.4 Å². The van der Waals surface area contributed by atoms with Crippen molar-refractivity contribution in [3.05, 3.63) is 54.3 Å². The molecule has 1 aromatic carbocycles. The molecule has 0 aliphatic heterocycles. The Morgan fingerprint density at radius 1 is 1.25 bits per heavy atom. The van der Waals surface area contributed by atoms with Crippen molar-refractivity contribution in [3.63, 3.8) is 0 Å². The van der Waals surface area contributed by atoms with Gasteiger partial charge in [-0.25, -0.2) is 4.98 Å². The lowest BCUT2D eigenvalue weighted by molar-refractivity contribution is 0.371. The van der Waals surface area contributed by atoms with Gasteiger partial charge >= 0.3 is 0 Å². The van der Waals surface area contributed by atoms with Crippen molar-refractivity contribution in [1.82, 2.24) is 19.7 Å². The first-order valence-electron chi connectivity index (χ1n) is 6.14. The predicted molar refractivity (Wildman–Crippen MR) is 76.4 cm³/mol. The number of hydrogen-bond acceptors (Lipinski definition) is 5. The molecule has 0 N–H and O–H groups in total. The minimum Gasteiger partial charge on any atom is -0.337 e. The van der Waals surface area contributed by atoms with E-state index in [0.29, 0.717) is 18.3 Å². The Morgan fingerprint density at radius 3 is 3.15 bits per heavy atom. The van der Waals surface area contributed by atoms with E-state index < -0.39 is 0 Å². The van der Waals surface area contributed by atoms with Crippen molar-refractivity contribution in [2.75, 3.05) is 0 Å². The fourth-order valence-corrected chi connectivity index (χ4v) is 2.85. The summed E-state index contributed by atoms with van der Waals surface area (Å²) in [5, 5.41) is 7.32. The number of thiophene rings is 1. The first-order valence-corrected chi connectivity index (χ1v) is 7.02. The minimum absolute atomic E-state index is 0.535. The Labute approximate surface area is 118 Å². The van der Waals surface area contributed by atoms with Crippen LogP contribution in [-0.2, 0) is 6.54 Å². The molecular formula is C14H10N4OS. The average Bonchev–Trinajstić information content (AvgIpc) is 3.19. The molecule has 0 radical (unpaired) electrons. The molecule has 0 amide bonds. The second-order valence-corrected chi connectivity index (χ2v) is 5.37. The summed E-state index contributed by atoms with van der Waals surface area (Å²) in [6.07, 6.45) is 5.31. The fourth-order valence-electron chi connectivity index (χ4n) is 2.08. The lowest BCUT2D eigenvalue weighted by Crippen LogP contribution is -1.96. The summed E-state index contributed by atoms with van der Waals surface area (Å²) >= 11 is 1.72. The average molecular weight is 282 g/mol. The van der Waals surface area contributed by atoms with Crippen molar-refractivity contribution in [3.8, 4) is 11.4 Å². The first-order chi connectivity index (χ1) is 9.88. The van der Waals surface area contributed by atoms with Crippen LogP contribution in [0.5, 0.6) is 0 Å². The molecule has 6 heteroatoms. The summed E-state index contributed by atoms with van der Waals surface area (Å²) in [5.74, 6) is 1.19. The number of aromatic nitrogens is 4. The summed E-state index contributed by atoms with van der Waals surface area (Å²) in [7, 11) is 0. The van der Waals surface area contributed by atoms with Crippen LogP contribution >= 0.6 is 11.3 Å². The summed E-state index contributed by atoms with van der Waals surface area (Å²) in [4.78, 5) is 8.41. The van der Waals surface area contributed by atoms with Gasteiger partial charge in [0.1, 0.15) is 6.54 Å². The maximum Gasteiger partial charge on any atom is 0.246 e. The molecule has 0 atom stereocenters. The van der Waals surface area contributed by atoms with E-state index in [1.807, 2.05) is 16.8 Å². The molecule has 0 aliphatic carbocycles. The number of nitrogens with zero attached hydrogens (tertiary/aromatic N) is 4. The Morgan fingerprint density at radius 2 is 2.25 bits per heavy atom. The molecule has 20 heavy (non-hydrogen) atoms. The van der Waals surface area contributed by atoms with Gasteiger partial charge in [0, 0.05) is 22.7 Å². The number of fused-ring (bicyclic) bond motifs is 1. The second-order valence-electron chi connectivity index (χ2n) is 4.42. The van der Waals surface area contributed by atoms with Gasteiger partial charge in [-0.05, 0) is 35.0 Å². The molecule has 4 rings (SSSR count). The molecule has 0 spiro atoms. The Bertz CT molecular complexity index is 847. The second kappa shape index (κ2) is 4.57. The van der Waals surface area contributed by atoms with E-state index in [-0.39, 0.29) is 0 Å². The highest BCUT2D eigenvalue weighted by atomic mass is 32.1. The van der Waals surface area contributed by atoms with E-state index in [1.165, 1.54) is 10.1 Å². The van der Waals surface area contributed by atoms with Crippen LogP contribution in [0.15, 0.2) is 52.9 Å². The van der Waals surface area contributed by atoms with Crippen LogP contribution in [0.2, 0.25) is 0 Å². The van der Waals surface area contributed by atoms with E-state index in [2.05, 4.69) is 38.7 Å². The standard InChI is InChI=1S/C14H10N4OS/c1-2-12-10(3-6-20-12)7-11(1)14-16-13(19-17-14)8-18-5-4-15-9-18/h1-7,9H,8H2. The van der Waals surface area contributed by atoms with Crippen LogP contribution in [0.4, 0.5) is 0 Å². The van der Waals surface area contributed by atoms with Crippen molar-refractivity contribution < 1.29 is 4.52 Å². The zero-order chi connectivity index (χ0) is 13.4. The SMILES string of the molecule is c1cn(Cc2nc(-c3ccc4sccc4c3)no2)cn1. The van der Waals surface area contributed by atoms with Gasteiger partial charge in [-0.3, -0.25) is 0 Å². The predicted octanol–water partition coefficient (Wildman–Crippen LogP) is 3.20. The van der Waals surface area contributed by atoms with E-state index in [4.69, 9.17) is 4.52 Å². The lowest BCUT2D eigenvalue weighted by atomic mass is 10.1. The van der Waals surface area contributed by atoms with E-state index in [9.17, 15) is 0 Å². The van der Waals surface area contributed by atoms with Crippen LogP contribution < -0.4 is 0 Å². The van der Waals surface area contributed by atoms with Gasteiger partial charge in [-0.2, -0.15) is 4.98 Å². The smallest absolute Gasteiger partial charge is 0.246 e. The molecular weight excluding hydrogens is 272 g/mol. The zero-order valence-corrected chi connectivity index (χ0v) is 11.2. The maximum absolute atomic E-state index is 5.28. The van der Waals surface area contributed by atoms with E-state index in [1.54, 1.807) is 23.9 Å². The zero-order valence-electron chi connectivity index (χ0n) is 10.4. The van der Waals surface area contributed by atoms with Gasteiger partial charge in [0.2, 0.25) is 11.7 Å². The van der Waals surface area contributed by atoms with Gasteiger partial charge in [0.15, 0.2) is 0 Å². The quantitative estimate of drug-likeness (QED) is 0.579. The van der Waals surface area contributed by atoms with Gasteiger partial charge < -0.3 is 9.09 Å². The third-order valence-corrected chi connectivity index (χ3v) is 3.95. The molecule has 0 saturated carbocycles. The van der Waals surface area contributed by atoms with Crippen LogP contribution in [0, 0.1) is 0 Å². The van der Waals surface area contributed by atoms with Crippen molar-refractivity contribution in [2.24, 2.45) is 0 Å². The normalized spacial score (nSPS) is 11.2. The monoisotopic (exact) mass is 282 g/mol. The molecule has 3 aromatic heterocycles. The molecule has 0 aliphatic rings. The molecule has 4 aromatic rings. The van der Waals surface area contributed by atoms with Crippen LogP contribution in [0.25, 0.3) is 21.5 Å².